The zero-order chi connectivity index (χ0) is 18.4. The second kappa shape index (κ2) is 9.20. The molecule has 1 heterocycles. The summed E-state index contributed by atoms with van der Waals surface area (Å²) in [5, 5.41) is 7.40. The second-order valence-electron chi connectivity index (χ2n) is 5.70. The molecule has 0 aliphatic heterocycles. The smallest absolute Gasteiger partial charge is 0.244 e. The van der Waals surface area contributed by atoms with Gasteiger partial charge in [-0.25, -0.2) is 0 Å². The van der Waals surface area contributed by atoms with Gasteiger partial charge in [0.2, 0.25) is 11.8 Å². The molecule has 0 atom stereocenters. The highest BCUT2D eigenvalue weighted by atomic mass is 35.5. The third kappa shape index (κ3) is 6.01. The number of hydrogen-bond donors (Lipinski definition) is 1. The van der Waals surface area contributed by atoms with Crippen LogP contribution in [0, 0.1) is 0 Å². The molecule has 0 fully saturated rings. The number of carbonyl (C=O) groups is 2. The van der Waals surface area contributed by atoms with E-state index in [2.05, 4.69) is 5.32 Å². The lowest BCUT2D eigenvalue weighted by Crippen LogP contribution is -2.40. The minimum atomic E-state index is -0.355. The molecule has 0 saturated carbocycles. The molecule has 134 valence electrons. The summed E-state index contributed by atoms with van der Waals surface area (Å²) >= 11 is 13.7. The van der Waals surface area contributed by atoms with Crippen LogP contribution in [0.2, 0.25) is 10.0 Å². The molecule has 0 unspecified atom stereocenters. The van der Waals surface area contributed by atoms with Crippen LogP contribution in [0.15, 0.2) is 35.0 Å². The first kappa shape index (κ1) is 19.7. The van der Waals surface area contributed by atoms with Crippen molar-refractivity contribution in [2.75, 3.05) is 32.5 Å². The van der Waals surface area contributed by atoms with Crippen LogP contribution in [0.1, 0.15) is 5.56 Å². The normalized spacial score (nSPS) is 10.8. The van der Waals surface area contributed by atoms with E-state index in [1.54, 1.807) is 36.6 Å². The number of nitrogens with zero attached hydrogens (tertiary/aromatic N) is 2. The Labute approximate surface area is 161 Å². The van der Waals surface area contributed by atoms with Crippen molar-refractivity contribution in [2.24, 2.45) is 0 Å². The number of likely N-dealkylation sites (N-methyl/N-ethyl adjacent to an activating group) is 2. The van der Waals surface area contributed by atoms with Gasteiger partial charge in [0.15, 0.2) is 0 Å². The van der Waals surface area contributed by atoms with E-state index >= 15 is 0 Å². The largest absolute Gasteiger partial charge is 0.335 e. The molecule has 25 heavy (non-hydrogen) atoms. The van der Waals surface area contributed by atoms with Gasteiger partial charge >= 0.3 is 0 Å². The number of amides is 2. The van der Waals surface area contributed by atoms with Crippen LogP contribution < -0.4 is 5.32 Å². The summed E-state index contributed by atoms with van der Waals surface area (Å²) in [4.78, 5) is 27.7. The van der Waals surface area contributed by atoms with Crippen LogP contribution in [0.25, 0.3) is 0 Å². The molecule has 2 amide bonds. The Bertz CT molecular complexity index is 717. The Morgan fingerprint density at radius 3 is 2.40 bits per heavy atom. The van der Waals surface area contributed by atoms with E-state index in [-0.39, 0.29) is 24.9 Å². The van der Waals surface area contributed by atoms with Crippen molar-refractivity contribution in [1.82, 2.24) is 9.80 Å². The highest BCUT2D eigenvalue weighted by Crippen LogP contribution is 2.29. The number of benzene rings is 1. The molecule has 0 saturated heterocycles. The molecule has 5 nitrogen and oxygen atoms in total. The molecule has 2 aromatic rings. The van der Waals surface area contributed by atoms with Crippen LogP contribution in [-0.2, 0) is 16.1 Å². The van der Waals surface area contributed by atoms with Crippen LogP contribution in [0.3, 0.4) is 0 Å². The molecule has 0 spiro atoms. The van der Waals surface area contributed by atoms with Crippen molar-refractivity contribution >= 4 is 52.0 Å². The number of halogens is 2. The predicted octanol–water partition coefficient (Wildman–Crippen LogP) is 3.58. The number of thiophene rings is 1. The third-order valence-electron chi connectivity index (χ3n) is 3.47. The molecule has 0 aliphatic carbocycles. The molecule has 2 rings (SSSR count). The maximum absolute atomic E-state index is 12.3. The number of carbonyl (C=O) groups excluding carboxylic acids is 2. The molecule has 0 bridgehead atoms. The lowest BCUT2D eigenvalue weighted by Gasteiger charge is -2.21. The topological polar surface area (TPSA) is 52.7 Å². The van der Waals surface area contributed by atoms with Crippen molar-refractivity contribution < 1.29 is 9.59 Å². The lowest BCUT2D eigenvalue weighted by atomic mass is 10.3. The minimum absolute atomic E-state index is 0.0767. The summed E-state index contributed by atoms with van der Waals surface area (Å²) in [6.45, 7) is 0.837. The van der Waals surface area contributed by atoms with Crippen molar-refractivity contribution in [3.05, 3.63) is 50.6 Å². The van der Waals surface area contributed by atoms with Gasteiger partial charge in [-0.2, -0.15) is 11.3 Å². The Morgan fingerprint density at radius 2 is 1.80 bits per heavy atom. The average molecular weight is 400 g/mol. The Hall–Kier alpha value is -1.60. The number of para-hydroxylation sites is 1. The number of hydrogen-bond acceptors (Lipinski definition) is 4. The summed E-state index contributed by atoms with van der Waals surface area (Å²) in [6.07, 6.45) is 0. The third-order valence-corrected chi connectivity index (χ3v) is 4.83. The van der Waals surface area contributed by atoms with E-state index < -0.39 is 0 Å². The van der Waals surface area contributed by atoms with E-state index in [9.17, 15) is 9.59 Å². The molecule has 1 aromatic carbocycles. The van der Waals surface area contributed by atoms with Gasteiger partial charge in [-0.1, -0.05) is 29.3 Å². The second-order valence-corrected chi connectivity index (χ2v) is 7.29. The van der Waals surface area contributed by atoms with Crippen molar-refractivity contribution in [2.45, 2.75) is 6.54 Å². The van der Waals surface area contributed by atoms with Crippen LogP contribution in [0.5, 0.6) is 0 Å². The quantitative estimate of drug-likeness (QED) is 0.773. The summed E-state index contributed by atoms with van der Waals surface area (Å²) < 4.78 is 0. The van der Waals surface area contributed by atoms with Gasteiger partial charge in [0.05, 0.1) is 28.8 Å². The fourth-order valence-corrected chi connectivity index (χ4v) is 3.35. The van der Waals surface area contributed by atoms with Gasteiger partial charge in [0.25, 0.3) is 0 Å². The van der Waals surface area contributed by atoms with Crippen LogP contribution >= 0.6 is 34.5 Å². The van der Waals surface area contributed by atoms with Gasteiger partial charge in [-0.05, 0) is 41.6 Å². The summed E-state index contributed by atoms with van der Waals surface area (Å²) in [7, 11) is 3.46. The Balaban J connectivity index is 1.84. The van der Waals surface area contributed by atoms with E-state index in [0.717, 1.165) is 5.56 Å². The van der Waals surface area contributed by atoms with Crippen molar-refractivity contribution in [3.63, 3.8) is 0 Å². The van der Waals surface area contributed by atoms with E-state index in [1.807, 2.05) is 28.8 Å². The number of nitrogens with one attached hydrogen (secondary N) is 1. The summed E-state index contributed by atoms with van der Waals surface area (Å²) in [5.74, 6) is -0.496. The molecule has 0 radical (unpaired) electrons. The highest BCUT2D eigenvalue weighted by Gasteiger charge is 2.16. The first-order chi connectivity index (χ1) is 11.9. The van der Waals surface area contributed by atoms with E-state index in [4.69, 9.17) is 23.2 Å². The first-order valence-corrected chi connectivity index (χ1v) is 9.24. The zero-order valence-corrected chi connectivity index (χ0v) is 16.3. The van der Waals surface area contributed by atoms with E-state index in [0.29, 0.717) is 22.3 Å². The van der Waals surface area contributed by atoms with Gasteiger partial charge in [0.1, 0.15) is 0 Å². The highest BCUT2D eigenvalue weighted by molar-refractivity contribution is 7.07. The monoisotopic (exact) mass is 399 g/mol. The van der Waals surface area contributed by atoms with Gasteiger partial charge < -0.3 is 10.2 Å². The lowest BCUT2D eigenvalue weighted by molar-refractivity contribution is -0.134. The maximum Gasteiger partial charge on any atom is 0.244 e. The van der Waals surface area contributed by atoms with Gasteiger partial charge in [-0.15, -0.1) is 0 Å². The van der Waals surface area contributed by atoms with Crippen LogP contribution in [-0.4, -0.2) is 48.8 Å². The fourth-order valence-electron chi connectivity index (χ4n) is 2.20. The standard InChI is InChI=1S/C17H19Cl2N3O2S/c1-21(8-12-6-7-25-11-12)10-16(24)22(2)9-15(23)20-17-13(18)4-3-5-14(17)19/h3-7,11H,8-10H2,1-2H3,(H,20,23). The number of rotatable bonds is 7. The Kier molecular flexibility index (Phi) is 7.25. The molecule has 1 aromatic heterocycles. The molecular formula is C17H19Cl2N3O2S. The van der Waals surface area contributed by atoms with E-state index in [1.165, 1.54) is 4.90 Å². The van der Waals surface area contributed by atoms with Gasteiger partial charge in [0, 0.05) is 13.6 Å². The fraction of sp³-hybridized carbons (Fsp3) is 0.294. The summed E-state index contributed by atoms with van der Waals surface area (Å²) in [5.41, 5.74) is 1.51. The van der Waals surface area contributed by atoms with Crippen molar-refractivity contribution in [3.8, 4) is 0 Å². The molecule has 8 heteroatoms. The molecular weight excluding hydrogens is 381 g/mol. The maximum atomic E-state index is 12.3. The molecule has 0 aliphatic rings. The predicted molar refractivity (Wildman–Crippen MR) is 103 cm³/mol. The van der Waals surface area contributed by atoms with Gasteiger partial charge in [-0.3, -0.25) is 14.5 Å². The Morgan fingerprint density at radius 1 is 1.12 bits per heavy atom. The SMILES string of the molecule is CN(CC(=O)N(C)CC(=O)Nc1c(Cl)cccc1Cl)Cc1ccsc1. The average Bonchev–Trinajstić information content (AvgIpc) is 3.03. The summed E-state index contributed by atoms with van der Waals surface area (Å²) in [6, 6.07) is 6.99. The van der Waals surface area contributed by atoms with Crippen molar-refractivity contribution in [1.29, 1.82) is 0 Å². The number of anilines is 1. The zero-order valence-electron chi connectivity index (χ0n) is 14.0. The molecule has 1 N–H and O–H groups in total. The first-order valence-electron chi connectivity index (χ1n) is 7.54. The van der Waals surface area contributed by atoms with Crippen LogP contribution in [0.4, 0.5) is 5.69 Å². The minimum Gasteiger partial charge on any atom is -0.335 e.